The van der Waals surface area contributed by atoms with E-state index in [0.717, 1.165) is 6.61 Å². The van der Waals surface area contributed by atoms with E-state index in [2.05, 4.69) is 24.3 Å². The maximum atomic E-state index is 13.8. The van der Waals surface area contributed by atoms with Gasteiger partial charge in [-0.1, -0.05) is 31.1 Å². The number of nitrogens with zero attached hydrogens (tertiary/aromatic N) is 1. The van der Waals surface area contributed by atoms with Gasteiger partial charge in [-0.15, -0.1) is 0 Å². The highest BCUT2D eigenvalue weighted by atomic mass is 19.1. The summed E-state index contributed by atoms with van der Waals surface area (Å²) in [6.07, 6.45) is 0. The number of nitrogens with two attached hydrogens (primary N) is 1. The van der Waals surface area contributed by atoms with E-state index in [4.69, 9.17) is 15.7 Å². The van der Waals surface area contributed by atoms with Gasteiger partial charge in [-0.25, -0.2) is 4.39 Å². The van der Waals surface area contributed by atoms with Gasteiger partial charge in [-0.05, 0) is 12.0 Å². The van der Waals surface area contributed by atoms with Crippen LogP contribution in [-0.2, 0) is 11.3 Å². The Balaban J connectivity index is 2.38. The van der Waals surface area contributed by atoms with Crippen molar-refractivity contribution < 1.29 is 14.3 Å². The largest absolute Gasteiger partial charge is 0.409 e. The highest BCUT2D eigenvalue weighted by Gasteiger charge is 2.06. The van der Waals surface area contributed by atoms with Crippen LogP contribution < -0.4 is 11.1 Å². The molecule has 0 atom stereocenters. The van der Waals surface area contributed by atoms with Gasteiger partial charge in [0.25, 0.3) is 0 Å². The van der Waals surface area contributed by atoms with Crippen LogP contribution in [0.5, 0.6) is 0 Å². The lowest BCUT2D eigenvalue weighted by Crippen LogP contribution is -2.21. The molecule has 0 aliphatic carbocycles. The van der Waals surface area contributed by atoms with Crippen LogP contribution in [0, 0.1) is 11.7 Å². The third-order valence-corrected chi connectivity index (χ3v) is 2.65. The zero-order valence-electron chi connectivity index (χ0n) is 11.9. The lowest BCUT2D eigenvalue weighted by molar-refractivity contribution is 0.111. The van der Waals surface area contributed by atoms with Crippen molar-refractivity contribution in [2.75, 3.05) is 19.8 Å². The second-order valence-corrected chi connectivity index (χ2v) is 4.94. The Morgan fingerprint density at radius 2 is 2.25 bits per heavy atom. The molecule has 0 bridgehead atoms. The summed E-state index contributed by atoms with van der Waals surface area (Å²) in [6.45, 7) is 6.57. The molecule has 0 unspecified atom stereocenters. The first-order valence-corrected chi connectivity index (χ1v) is 6.59. The molecule has 4 N–H and O–H groups in total. The number of amidine groups is 1. The summed E-state index contributed by atoms with van der Waals surface area (Å²) in [5, 5.41) is 14.5. The Morgan fingerprint density at radius 1 is 1.50 bits per heavy atom. The van der Waals surface area contributed by atoms with Crippen LogP contribution in [0.4, 0.5) is 4.39 Å². The maximum Gasteiger partial charge on any atom is 0.170 e. The predicted octanol–water partition coefficient (Wildman–Crippen LogP) is 1.68. The van der Waals surface area contributed by atoms with Crippen molar-refractivity contribution in [2.45, 2.75) is 20.4 Å². The van der Waals surface area contributed by atoms with Crippen molar-refractivity contribution in [3.63, 3.8) is 0 Å². The number of hydrogen-bond donors (Lipinski definition) is 3. The molecule has 112 valence electrons. The maximum absolute atomic E-state index is 13.8. The van der Waals surface area contributed by atoms with Crippen LogP contribution in [0.1, 0.15) is 25.0 Å². The minimum atomic E-state index is -0.385. The molecule has 0 saturated carbocycles. The third-order valence-electron chi connectivity index (χ3n) is 2.65. The molecule has 0 aromatic heterocycles. The monoisotopic (exact) mass is 283 g/mol. The van der Waals surface area contributed by atoms with Gasteiger partial charge in [-0.3, -0.25) is 0 Å². The topological polar surface area (TPSA) is 79.9 Å². The molecule has 0 aliphatic heterocycles. The Hall–Kier alpha value is -1.66. The van der Waals surface area contributed by atoms with Gasteiger partial charge >= 0.3 is 0 Å². The average Bonchev–Trinajstić information content (AvgIpc) is 2.42. The number of rotatable bonds is 8. The molecule has 1 aromatic carbocycles. The minimum absolute atomic E-state index is 0.106. The van der Waals surface area contributed by atoms with Crippen molar-refractivity contribution in [1.29, 1.82) is 0 Å². The minimum Gasteiger partial charge on any atom is -0.409 e. The van der Waals surface area contributed by atoms with E-state index in [9.17, 15) is 4.39 Å². The number of benzene rings is 1. The zero-order valence-corrected chi connectivity index (χ0v) is 11.9. The van der Waals surface area contributed by atoms with Gasteiger partial charge < -0.3 is 21.0 Å². The van der Waals surface area contributed by atoms with Crippen molar-refractivity contribution in [1.82, 2.24) is 5.32 Å². The predicted molar refractivity (Wildman–Crippen MR) is 76.3 cm³/mol. The van der Waals surface area contributed by atoms with Crippen molar-refractivity contribution >= 4 is 5.84 Å². The highest BCUT2D eigenvalue weighted by molar-refractivity contribution is 5.97. The fourth-order valence-electron chi connectivity index (χ4n) is 1.59. The molecule has 0 heterocycles. The molecular weight excluding hydrogens is 261 g/mol. The van der Waals surface area contributed by atoms with Crippen LogP contribution >= 0.6 is 0 Å². The lowest BCUT2D eigenvalue weighted by Gasteiger charge is -2.09. The van der Waals surface area contributed by atoms with Gasteiger partial charge in [0, 0.05) is 30.8 Å². The first-order chi connectivity index (χ1) is 9.54. The van der Waals surface area contributed by atoms with Crippen molar-refractivity contribution in [2.24, 2.45) is 16.8 Å². The van der Waals surface area contributed by atoms with Crippen LogP contribution in [-0.4, -0.2) is 30.8 Å². The Labute approximate surface area is 118 Å². The Morgan fingerprint density at radius 3 is 2.85 bits per heavy atom. The van der Waals surface area contributed by atoms with Gasteiger partial charge in [0.15, 0.2) is 5.84 Å². The molecule has 0 spiro atoms. The molecule has 5 nitrogen and oxygen atoms in total. The summed E-state index contributed by atoms with van der Waals surface area (Å²) < 4.78 is 19.2. The summed E-state index contributed by atoms with van der Waals surface area (Å²) in [6, 6.07) is 4.48. The Kier molecular flexibility index (Phi) is 6.97. The van der Waals surface area contributed by atoms with Gasteiger partial charge in [0.2, 0.25) is 0 Å². The highest BCUT2D eigenvalue weighted by Crippen LogP contribution is 2.10. The molecule has 0 saturated heterocycles. The first-order valence-electron chi connectivity index (χ1n) is 6.59. The van der Waals surface area contributed by atoms with Crippen molar-refractivity contribution in [3.8, 4) is 0 Å². The molecular formula is C14H22FN3O2. The molecule has 0 aliphatic rings. The van der Waals surface area contributed by atoms with Crippen LogP contribution in [0.25, 0.3) is 0 Å². The third kappa shape index (κ3) is 5.54. The first kappa shape index (κ1) is 16.4. The normalized spacial score (nSPS) is 12.1. The molecule has 1 aromatic rings. The molecule has 20 heavy (non-hydrogen) atoms. The van der Waals surface area contributed by atoms with Crippen LogP contribution in [0.3, 0.4) is 0 Å². The van der Waals surface area contributed by atoms with Gasteiger partial charge in [0.1, 0.15) is 5.82 Å². The summed E-state index contributed by atoms with van der Waals surface area (Å²) in [5.41, 5.74) is 6.28. The molecule has 0 fully saturated rings. The zero-order chi connectivity index (χ0) is 15.0. The van der Waals surface area contributed by atoms with E-state index < -0.39 is 0 Å². The summed E-state index contributed by atoms with van der Waals surface area (Å²) in [7, 11) is 0. The number of halogens is 1. The molecule has 0 radical (unpaired) electrons. The Bertz CT molecular complexity index is 450. The molecule has 1 rings (SSSR count). The SMILES string of the molecule is CC(C)COCCNCc1ccc(/C(N)=N/O)cc1F. The molecule has 0 amide bonds. The van der Waals surface area contributed by atoms with E-state index in [1.54, 1.807) is 12.1 Å². The number of ether oxygens (including phenoxy) is 1. The average molecular weight is 283 g/mol. The van der Waals surface area contributed by atoms with E-state index >= 15 is 0 Å². The van der Waals surface area contributed by atoms with Crippen LogP contribution in [0.2, 0.25) is 0 Å². The number of nitrogens with one attached hydrogen (secondary N) is 1. The van der Waals surface area contributed by atoms with Crippen molar-refractivity contribution in [3.05, 3.63) is 35.1 Å². The van der Waals surface area contributed by atoms with E-state index in [-0.39, 0.29) is 11.7 Å². The molecule has 6 heteroatoms. The lowest BCUT2D eigenvalue weighted by atomic mass is 10.1. The second-order valence-electron chi connectivity index (χ2n) is 4.94. The summed E-state index contributed by atoms with van der Waals surface area (Å²) >= 11 is 0. The quantitative estimate of drug-likeness (QED) is 0.223. The second kappa shape index (κ2) is 8.50. The van der Waals surface area contributed by atoms with E-state index in [0.29, 0.717) is 36.7 Å². The van der Waals surface area contributed by atoms with Gasteiger partial charge in [0.05, 0.1) is 6.61 Å². The van der Waals surface area contributed by atoms with E-state index in [1.165, 1.54) is 6.07 Å². The van der Waals surface area contributed by atoms with Gasteiger partial charge in [-0.2, -0.15) is 0 Å². The standard InChI is InChI=1S/C14H22FN3O2/c1-10(2)9-20-6-5-17-8-12-4-3-11(7-13(12)15)14(16)18-19/h3-4,7,10,17,19H,5-6,8-9H2,1-2H3,(H2,16,18). The fraction of sp³-hybridized carbons (Fsp3) is 0.500. The number of hydrogen-bond acceptors (Lipinski definition) is 4. The smallest absolute Gasteiger partial charge is 0.170 e. The van der Waals surface area contributed by atoms with Crippen LogP contribution in [0.15, 0.2) is 23.4 Å². The van der Waals surface area contributed by atoms with E-state index in [1.807, 2.05) is 0 Å². The summed E-state index contributed by atoms with van der Waals surface area (Å²) in [4.78, 5) is 0. The summed E-state index contributed by atoms with van der Waals surface area (Å²) in [5.74, 6) is 0.0221. The fourth-order valence-corrected chi connectivity index (χ4v) is 1.59. The number of oxime groups is 1.